The Kier molecular flexibility index (Phi) is 5.51. The first-order valence-corrected chi connectivity index (χ1v) is 7.75. The highest BCUT2D eigenvalue weighted by atomic mass is 79.9. The molecule has 110 valence electrons. The largest absolute Gasteiger partial charge is 0.375 e. The van der Waals surface area contributed by atoms with Gasteiger partial charge < -0.3 is 10.6 Å². The van der Waals surface area contributed by atoms with Crippen LogP contribution < -0.4 is 10.6 Å². The minimum absolute atomic E-state index is 0.107. The van der Waals surface area contributed by atoms with E-state index in [9.17, 15) is 4.79 Å². The van der Waals surface area contributed by atoms with E-state index in [1.54, 1.807) is 18.2 Å². The molecule has 0 fully saturated rings. The summed E-state index contributed by atoms with van der Waals surface area (Å²) in [5.74, 6) is -0.156. The van der Waals surface area contributed by atoms with Crippen LogP contribution in [-0.4, -0.2) is 12.5 Å². The molecule has 0 spiro atoms. The minimum atomic E-state index is -0.156. The first kappa shape index (κ1) is 16.1. The van der Waals surface area contributed by atoms with Gasteiger partial charge in [-0.2, -0.15) is 0 Å². The number of hydrogen-bond donors (Lipinski definition) is 2. The second-order valence-electron chi connectivity index (χ2n) is 4.49. The van der Waals surface area contributed by atoms with Crippen LogP contribution in [0.3, 0.4) is 0 Å². The lowest BCUT2D eigenvalue weighted by Crippen LogP contribution is -2.22. The Morgan fingerprint density at radius 3 is 2.62 bits per heavy atom. The normalized spacial score (nSPS) is 10.3. The zero-order chi connectivity index (χ0) is 15.4. The van der Waals surface area contributed by atoms with Crippen LogP contribution in [0.5, 0.6) is 0 Å². The third kappa shape index (κ3) is 4.63. The van der Waals surface area contributed by atoms with Crippen molar-refractivity contribution in [1.82, 2.24) is 0 Å². The Morgan fingerprint density at radius 1 is 1.14 bits per heavy atom. The van der Waals surface area contributed by atoms with Gasteiger partial charge in [0.1, 0.15) is 0 Å². The highest BCUT2D eigenvalue weighted by Gasteiger charge is 2.07. The average Bonchev–Trinajstić information content (AvgIpc) is 2.43. The van der Waals surface area contributed by atoms with E-state index in [0.29, 0.717) is 15.7 Å². The number of amides is 1. The summed E-state index contributed by atoms with van der Waals surface area (Å²) in [6.07, 6.45) is 0. The maximum Gasteiger partial charge on any atom is 0.243 e. The Morgan fingerprint density at radius 2 is 1.90 bits per heavy atom. The van der Waals surface area contributed by atoms with Crippen LogP contribution in [0.25, 0.3) is 0 Å². The molecule has 2 rings (SSSR count). The monoisotopic (exact) mass is 386 g/mol. The first-order chi connectivity index (χ1) is 9.95. The van der Waals surface area contributed by atoms with Gasteiger partial charge in [0.05, 0.1) is 17.3 Å². The molecule has 0 radical (unpaired) electrons. The van der Waals surface area contributed by atoms with Crippen LogP contribution >= 0.6 is 39.1 Å². The second-order valence-corrected chi connectivity index (χ2v) is 6.24. The predicted molar refractivity (Wildman–Crippen MR) is 92.5 cm³/mol. The quantitative estimate of drug-likeness (QED) is 0.764. The third-order valence-corrected chi connectivity index (χ3v) is 3.89. The maximum atomic E-state index is 12.0. The van der Waals surface area contributed by atoms with Crippen LogP contribution in [0.4, 0.5) is 11.4 Å². The SMILES string of the molecule is Cc1cc(Br)ccc1NC(=O)CNc1cc(Cl)ccc1Cl. The fraction of sp³-hybridized carbons (Fsp3) is 0.133. The van der Waals surface area contributed by atoms with Gasteiger partial charge in [-0.15, -0.1) is 0 Å². The molecule has 3 nitrogen and oxygen atoms in total. The Hall–Kier alpha value is -1.23. The molecule has 1 amide bonds. The van der Waals surface area contributed by atoms with Gasteiger partial charge in [0.2, 0.25) is 5.91 Å². The Bertz CT molecular complexity index is 677. The summed E-state index contributed by atoms with van der Waals surface area (Å²) in [6.45, 7) is 2.04. The molecule has 2 aromatic rings. The van der Waals surface area contributed by atoms with E-state index in [4.69, 9.17) is 23.2 Å². The molecule has 0 unspecified atom stereocenters. The number of aryl methyl sites for hydroxylation is 1. The number of rotatable bonds is 4. The summed E-state index contributed by atoms with van der Waals surface area (Å²) >= 11 is 15.3. The van der Waals surface area contributed by atoms with E-state index >= 15 is 0 Å². The molecule has 2 N–H and O–H groups in total. The number of carbonyl (C=O) groups excluding carboxylic acids is 1. The number of hydrogen-bond acceptors (Lipinski definition) is 2. The standard InChI is InChI=1S/C15H13BrCl2N2O/c1-9-6-10(16)2-5-13(9)20-15(21)8-19-14-7-11(17)3-4-12(14)18/h2-7,19H,8H2,1H3,(H,20,21). The van der Waals surface area contributed by atoms with Gasteiger partial charge in [-0.3, -0.25) is 4.79 Å². The molecule has 0 aliphatic heterocycles. The fourth-order valence-corrected chi connectivity index (χ4v) is 2.60. The molecule has 6 heteroatoms. The van der Waals surface area contributed by atoms with Crippen molar-refractivity contribution < 1.29 is 4.79 Å². The lowest BCUT2D eigenvalue weighted by molar-refractivity contribution is -0.114. The molecule has 0 saturated heterocycles. The molecular weight excluding hydrogens is 375 g/mol. The smallest absolute Gasteiger partial charge is 0.243 e. The number of halogens is 3. The van der Waals surface area contributed by atoms with Gasteiger partial charge in [-0.1, -0.05) is 39.1 Å². The van der Waals surface area contributed by atoms with Gasteiger partial charge in [-0.25, -0.2) is 0 Å². The van der Waals surface area contributed by atoms with Crippen LogP contribution in [0.15, 0.2) is 40.9 Å². The summed E-state index contributed by atoms with van der Waals surface area (Å²) in [6, 6.07) is 10.7. The zero-order valence-corrected chi connectivity index (χ0v) is 14.3. The van der Waals surface area contributed by atoms with Gasteiger partial charge in [0.15, 0.2) is 0 Å². The van der Waals surface area contributed by atoms with E-state index < -0.39 is 0 Å². The van der Waals surface area contributed by atoms with Crippen molar-refractivity contribution in [1.29, 1.82) is 0 Å². The van der Waals surface area contributed by atoms with Crippen molar-refractivity contribution in [2.45, 2.75) is 6.92 Å². The van der Waals surface area contributed by atoms with Gasteiger partial charge in [-0.05, 0) is 48.9 Å². The predicted octanol–water partition coefficient (Wildman–Crippen LogP) is 5.11. The molecular formula is C15H13BrCl2N2O. The Balaban J connectivity index is 1.97. The van der Waals surface area contributed by atoms with Crippen LogP contribution in [-0.2, 0) is 4.79 Å². The molecule has 0 saturated carbocycles. The molecule has 21 heavy (non-hydrogen) atoms. The van der Waals surface area contributed by atoms with E-state index in [1.165, 1.54) is 0 Å². The van der Waals surface area contributed by atoms with Crippen molar-refractivity contribution in [3.8, 4) is 0 Å². The lowest BCUT2D eigenvalue weighted by atomic mass is 10.2. The zero-order valence-electron chi connectivity index (χ0n) is 11.2. The van der Waals surface area contributed by atoms with Crippen LogP contribution in [0.2, 0.25) is 10.0 Å². The van der Waals surface area contributed by atoms with Gasteiger partial charge >= 0.3 is 0 Å². The van der Waals surface area contributed by atoms with Crippen LogP contribution in [0.1, 0.15) is 5.56 Å². The van der Waals surface area contributed by atoms with Crippen molar-refractivity contribution in [3.05, 3.63) is 56.5 Å². The summed E-state index contributed by atoms with van der Waals surface area (Å²) in [4.78, 5) is 12.0. The molecule has 0 aliphatic rings. The molecule has 0 atom stereocenters. The summed E-state index contributed by atoms with van der Waals surface area (Å²) in [5, 5.41) is 6.89. The van der Waals surface area contributed by atoms with Crippen molar-refractivity contribution in [3.63, 3.8) is 0 Å². The van der Waals surface area contributed by atoms with Gasteiger partial charge in [0, 0.05) is 15.2 Å². The van der Waals surface area contributed by atoms with Gasteiger partial charge in [0.25, 0.3) is 0 Å². The molecule has 0 aliphatic carbocycles. The summed E-state index contributed by atoms with van der Waals surface area (Å²) in [5.41, 5.74) is 2.40. The number of benzene rings is 2. The molecule has 0 bridgehead atoms. The maximum absolute atomic E-state index is 12.0. The topological polar surface area (TPSA) is 41.1 Å². The average molecular weight is 388 g/mol. The number of carbonyl (C=O) groups is 1. The Labute approximate surface area is 141 Å². The molecule has 0 aromatic heterocycles. The van der Waals surface area contributed by atoms with E-state index in [-0.39, 0.29) is 12.5 Å². The number of anilines is 2. The molecule has 2 aromatic carbocycles. The lowest BCUT2D eigenvalue weighted by Gasteiger charge is -2.11. The summed E-state index contributed by atoms with van der Waals surface area (Å²) < 4.78 is 0.974. The highest BCUT2D eigenvalue weighted by molar-refractivity contribution is 9.10. The van der Waals surface area contributed by atoms with Crippen molar-refractivity contribution >= 4 is 56.4 Å². The van der Waals surface area contributed by atoms with E-state index in [2.05, 4.69) is 26.6 Å². The summed E-state index contributed by atoms with van der Waals surface area (Å²) in [7, 11) is 0. The van der Waals surface area contributed by atoms with Crippen molar-refractivity contribution in [2.75, 3.05) is 17.2 Å². The van der Waals surface area contributed by atoms with Crippen molar-refractivity contribution in [2.24, 2.45) is 0 Å². The van der Waals surface area contributed by atoms with Crippen LogP contribution in [0, 0.1) is 6.92 Å². The molecule has 0 heterocycles. The minimum Gasteiger partial charge on any atom is -0.375 e. The van der Waals surface area contributed by atoms with E-state index in [1.807, 2.05) is 25.1 Å². The third-order valence-electron chi connectivity index (χ3n) is 2.83. The van der Waals surface area contributed by atoms with E-state index in [0.717, 1.165) is 15.7 Å². The highest BCUT2D eigenvalue weighted by Crippen LogP contribution is 2.25. The first-order valence-electron chi connectivity index (χ1n) is 6.20. The second kappa shape index (κ2) is 7.16. The fourth-order valence-electron chi connectivity index (χ4n) is 1.77. The number of nitrogens with one attached hydrogen (secondary N) is 2.